The summed E-state index contributed by atoms with van der Waals surface area (Å²) in [4.78, 5) is 54.2. The SMILES string of the molecule is CC(F)ON=C(C(=O)N[C@@H]1C(=O)N2C(C(=O)OC(c3ccccc3)c3ccccc3)=C(CSc3nnnn3C)CS[C@@H]12)c1nsc(NC(c2ccccc2)(c2ccccc2)c2ccccc2)n1. The molecule has 0 radical (unpaired) electrons. The molecule has 19 heteroatoms. The van der Waals surface area contributed by atoms with Crippen LogP contribution in [0, 0.1) is 0 Å². The topological polar surface area (TPSA) is 179 Å². The number of tetrazole rings is 1. The number of thioether (sulfide) groups is 2. The van der Waals surface area contributed by atoms with Gasteiger partial charge >= 0.3 is 5.97 Å². The Labute approximate surface area is 397 Å². The molecule has 67 heavy (non-hydrogen) atoms. The summed E-state index contributed by atoms with van der Waals surface area (Å²) >= 11 is 3.64. The van der Waals surface area contributed by atoms with Crippen LogP contribution in [0.3, 0.4) is 0 Å². The Hall–Kier alpha value is -7.22. The Kier molecular flexibility index (Phi) is 13.5. The maximum atomic E-state index is 14.6. The molecule has 0 saturated carbocycles. The molecule has 5 aromatic carbocycles. The van der Waals surface area contributed by atoms with Crippen LogP contribution in [-0.2, 0) is 36.5 Å². The molecule has 0 bridgehead atoms. The molecule has 1 unspecified atom stereocenters. The fraction of sp³-hybridized carbons (Fsp3) is 0.188. The highest BCUT2D eigenvalue weighted by Crippen LogP contribution is 2.44. The number of amides is 2. The Bertz CT molecular complexity index is 2770. The first-order valence-electron chi connectivity index (χ1n) is 21.0. The van der Waals surface area contributed by atoms with Gasteiger partial charge in [0.05, 0.1) is 0 Å². The predicted octanol–water partition coefficient (Wildman–Crippen LogP) is 7.28. The number of esters is 1. The zero-order valence-electron chi connectivity index (χ0n) is 35.9. The van der Waals surface area contributed by atoms with E-state index in [0.717, 1.165) is 46.3 Å². The predicted molar refractivity (Wildman–Crippen MR) is 253 cm³/mol. The first-order valence-corrected chi connectivity index (χ1v) is 23.8. The number of ether oxygens (including phenoxy) is 1. The van der Waals surface area contributed by atoms with Gasteiger partial charge in [-0.15, -0.1) is 16.9 Å². The van der Waals surface area contributed by atoms with Crippen LogP contribution in [0.1, 0.15) is 46.7 Å². The van der Waals surface area contributed by atoms with Crippen molar-refractivity contribution < 1.29 is 28.3 Å². The van der Waals surface area contributed by atoms with E-state index in [4.69, 9.17) is 14.6 Å². The van der Waals surface area contributed by atoms with Gasteiger partial charge in [0.15, 0.2) is 6.10 Å². The number of hydrogen-bond acceptors (Lipinski definition) is 15. The van der Waals surface area contributed by atoms with Gasteiger partial charge in [-0.05, 0) is 43.8 Å². The Morgan fingerprint density at radius 3 is 1.94 bits per heavy atom. The molecule has 2 N–H and O–H groups in total. The highest BCUT2D eigenvalue weighted by Gasteiger charge is 2.55. The number of halogens is 1. The van der Waals surface area contributed by atoms with Crippen molar-refractivity contribution >= 4 is 63.7 Å². The summed E-state index contributed by atoms with van der Waals surface area (Å²) in [6.07, 6.45) is -2.68. The number of aryl methyl sites for hydroxylation is 1. The van der Waals surface area contributed by atoms with Crippen molar-refractivity contribution in [2.45, 2.75) is 41.5 Å². The molecule has 1 saturated heterocycles. The number of aromatic nitrogens is 6. The highest BCUT2D eigenvalue weighted by molar-refractivity contribution is 8.01. The minimum atomic E-state index is -1.89. The number of oxime groups is 1. The molecular weight excluding hydrogens is 912 g/mol. The van der Waals surface area contributed by atoms with Crippen LogP contribution in [0.4, 0.5) is 9.52 Å². The second-order valence-electron chi connectivity index (χ2n) is 15.3. The van der Waals surface area contributed by atoms with E-state index in [-0.39, 0.29) is 17.3 Å². The van der Waals surface area contributed by atoms with Gasteiger partial charge in [-0.3, -0.25) is 14.5 Å². The van der Waals surface area contributed by atoms with Gasteiger partial charge in [-0.1, -0.05) is 169 Å². The average Bonchev–Trinajstić information content (AvgIpc) is 4.02. The molecule has 0 spiro atoms. The molecule has 15 nitrogen and oxygen atoms in total. The molecule has 2 aromatic heterocycles. The molecule has 2 aliphatic rings. The number of benzene rings is 5. The third-order valence-electron chi connectivity index (χ3n) is 11.0. The van der Waals surface area contributed by atoms with Gasteiger partial charge < -0.3 is 20.2 Å². The molecular formula is C48H41FN10O5S3. The summed E-state index contributed by atoms with van der Waals surface area (Å²) in [5.74, 6) is -1.76. The third-order valence-corrected chi connectivity index (χ3v) is 14.0. The molecule has 9 rings (SSSR count). The van der Waals surface area contributed by atoms with Gasteiger partial charge in [-0.2, -0.15) is 13.7 Å². The maximum absolute atomic E-state index is 14.6. The van der Waals surface area contributed by atoms with Gasteiger partial charge in [0, 0.05) is 37.0 Å². The summed E-state index contributed by atoms with van der Waals surface area (Å²) < 4.78 is 26.6. The van der Waals surface area contributed by atoms with Crippen LogP contribution in [-0.4, -0.2) is 87.2 Å². The maximum Gasteiger partial charge on any atom is 0.356 e. The number of hydrogen-bond donors (Lipinski definition) is 2. The van der Waals surface area contributed by atoms with E-state index >= 15 is 0 Å². The van der Waals surface area contributed by atoms with Crippen LogP contribution in [0.2, 0.25) is 0 Å². The van der Waals surface area contributed by atoms with Crippen LogP contribution in [0.25, 0.3) is 0 Å². The van der Waals surface area contributed by atoms with Gasteiger partial charge in [-0.25, -0.2) is 9.48 Å². The second kappa shape index (κ2) is 20.1. The average molecular weight is 953 g/mol. The van der Waals surface area contributed by atoms with Crippen molar-refractivity contribution in [3.05, 3.63) is 197 Å². The lowest BCUT2D eigenvalue weighted by atomic mass is 9.77. The first-order chi connectivity index (χ1) is 32.7. The summed E-state index contributed by atoms with van der Waals surface area (Å²) in [6, 6.07) is 47.1. The number of anilines is 1. The lowest BCUT2D eigenvalue weighted by Gasteiger charge is -2.49. The zero-order chi connectivity index (χ0) is 46.3. The van der Waals surface area contributed by atoms with E-state index < -0.39 is 52.9 Å². The van der Waals surface area contributed by atoms with Crippen LogP contribution < -0.4 is 10.6 Å². The number of fused-ring (bicyclic) bond motifs is 1. The first kappa shape index (κ1) is 45.0. The van der Waals surface area contributed by atoms with E-state index in [0.29, 0.717) is 21.6 Å². The van der Waals surface area contributed by atoms with E-state index in [1.165, 1.54) is 33.1 Å². The third kappa shape index (κ3) is 9.43. The molecule has 0 aliphatic carbocycles. The fourth-order valence-electron chi connectivity index (χ4n) is 7.86. The van der Waals surface area contributed by atoms with Crippen molar-refractivity contribution in [1.82, 2.24) is 39.8 Å². The summed E-state index contributed by atoms with van der Waals surface area (Å²) in [5.41, 5.74) is 3.46. The molecule has 7 aromatic rings. The number of nitrogens with one attached hydrogen (secondary N) is 2. The van der Waals surface area contributed by atoms with Crippen molar-refractivity contribution in [1.29, 1.82) is 0 Å². The summed E-state index contributed by atoms with van der Waals surface area (Å²) in [6.45, 7) is 1.12. The minimum absolute atomic E-state index is 0.0674. The lowest BCUT2D eigenvalue weighted by molar-refractivity contribution is -0.154. The quantitative estimate of drug-likeness (QED) is 0.0233. The van der Waals surface area contributed by atoms with Crippen LogP contribution in [0.15, 0.2) is 173 Å². The number of carbonyl (C=O) groups excluding carboxylic acids is 3. The van der Waals surface area contributed by atoms with Crippen molar-refractivity contribution in [3.63, 3.8) is 0 Å². The van der Waals surface area contributed by atoms with E-state index in [9.17, 15) is 18.8 Å². The summed E-state index contributed by atoms with van der Waals surface area (Å²) in [5, 5.41) is 22.0. The fourth-order valence-corrected chi connectivity index (χ4v) is 10.8. The zero-order valence-corrected chi connectivity index (χ0v) is 38.3. The lowest BCUT2D eigenvalue weighted by Crippen LogP contribution is -2.71. The van der Waals surface area contributed by atoms with Crippen LogP contribution >= 0.6 is 35.1 Å². The molecule has 2 aliphatic heterocycles. The smallest absolute Gasteiger partial charge is 0.356 e. The normalized spacial score (nSPS) is 16.5. The van der Waals surface area contributed by atoms with E-state index in [1.807, 2.05) is 152 Å². The number of rotatable bonds is 17. The number of nitrogens with zero attached hydrogens (tertiary/aromatic N) is 8. The van der Waals surface area contributed by atoms with E-state index in [1.54, 1.807) is 7.05 Å². The number of carbonyl (C=O) groups is 3. The van der Waals surface area contributed by atoms with E-state index in [2.05, 4.69) is 35.7 Å². The molecule has 1 fully saturated rings. The molecule has 2 amide bonds. The molecule has 338 valence electrons. The number of alkyl halides is 1. The standard InChI is InChI=1S/C48H41FN10O5S3/c1-30(49)64-54-37(41-51-46(67-55-41)52-48(34-22-12-5-13-23-34,35-24-14-6-15-25-35)36-26-16-7-17-27-36)42(60)50-38-43(61)59-39(33(28-65-44(38)59)29-66-47-53-56-57-58(47)2)45(62)63-40(31-18-8-3-9-19-31)32-20-10-4-11-21-32/h3-27,30,38,40,44H,28-29H2,1-2H3,(H,50,60)(H,51,52,55)/t30?,38-,44+/m1/s1. The van der Waals surface area contributed by atoms with Gasteiger partial charge in [0.2, 0.25) is 21.8 Å². The second-order valence-corrected chi connectivity index (χ2v) is 18.1. The van der Waals surface area contributed by atoms with Crippen molar-refractivity contribution in [2.24, 2.45) is 12.2 Å². The Morgan fingerprint density at radius 1 is 0.866 bits per heavy atom. The van der Waals surface area contributed by atoms with Crippen molar-refractivity contribution in [2.75, 3.05) is 16.8 Å². The Balaban J connectivity index is 1.00. The number of β-lactam (4-membered cyclic amide) rings is 1. The van der Waals surface area contributed by atoms with Crippen LogP contribution in [0.5, 0.6) is 0 Å². The van der Waals surface area contributed by atoms with Gasteiger partial charge in [0.1, 0.15) is 22.7 Å². The molecule has 4 heterocycles. The summed E-state index contributed by atoms with van der Waals surface area (Å²) in [7, 11) is 1.71. The van der Waals surface area contributed by atoms with Crippen molar-refractivity contribution in [3.8, 4) is 0 Å². The Morgan fingerprint density at radius 2 is 1.42 bits per heavy atom. The molecule has 3 atom stereocenters. The monoisotopic (exact) mass is 952 g/mol. The van der Waals surface area contributed by atoms with Gasteiger partial charge in [0.25, 0.3) is 18.2 Å². The largest absolute Gasteiger partial charge is 0.448 e. The minimum Gasteiger partial charge on any atom is -0.448 e. The highest BCUT2D eigenvalue weighted by atomic mass is 32.2.